The van der Waals surface area contributed by atoms with E-state index in [0.717, 1.165) is 0 Å². The molecule has 2 N–H and O–H groups in total. The number of carboxylic acids is 2. The van der Waals surface area contributed by atoms with Gasteiger partial charge in [-0.25, -0.2) is 9.59 Å². The average molecular weight is 334 g/mol. The van der Waals surface area contributed by atoms with Gasteiger partial charge in [0.2, 0.25) is 0 Å². The fourth-order valence-corrected chi connectivity index (χ4v) is 3.12. The fourth-order valence-electron chi connectivity index (χ4n) is 3.12. The second kappa shape index (κ2) is 6.46. The lowest BCUT2D eigenvalue weighted by Crippen LogP contribution is -2.28. The highest BCUT2D eigenvalue weighted by Gasteiger charge is 2.35. The second-order valence-corrected chi connectivity index (χ2v) is 5.92. The minimum atomic E-state index is -1.23. The van der Waals surface area contributed by atoms with Crippen LogP contribution in [-0.2, 0) is 5.41 Å². The Labute approximate surface area is 144 Å². The molecule has 6 heteroatoms. The van der Waals surface area contributed by atoms with Crippen LogP contribution < -0.4 is 0 Å². The van der Waals surface area contributed by atoms with Crippen LogP contribution in [0.3, 0.4) is 0 Å². The van der Waals surface area contributed by atoms with Crippen LogP contribution in [-0.4, -0.2) is 22.2 Å². The summed E-state index contributed by atoms with van der Waals surface area (Å²) in [7, 11) is 0. The van der Waals surface area contributed by atoms with Gasteiger partial charge < -0.3 is 10.2 Å². The number of carboxylic acid groups (broad SMARTS) is 2. The molecule has 0 aliphatic rings. The minimum absolute atomic E-state index is 0.104. The molecule has 0 heterocycles. The molecule has 0 radical (unpaired) electrons. The average Bonchev–Trinajstić information content (AvgIpc) is 2.59. The molecule has 0 aliphatic carbocycles. The predicted molar refractivity (Wildman–Crippen MR) is 88.4 cm³/mol. The van der Waals surface area contributed by atoms with Gasteiger partial charge in [-0.2, -0.15) is 10.5 Å². The molecule has 25 heavy (non-hydrogen) atoms. The van der Waals surface area contributed by atoms with Gasteiger partial charge in [-0.05, 0) is 35.4 Å². The van der Waals surface area contributed by atoms with Gasteiger partial charge in [0.25, 0.3) is 0 Å². The lowest BCUT2D eigenvalue weighted by molar-refractivity contribution is 0.0686. The van der Waals surface area contributed by atoms with Crippen molar-refractivity contribution >= 4 is 11.9 Å². The monoisotopic (exact) mass is 334 g/mol. The summed E-state index contributed by atoms with van der Waals surface area (Å²) in [5.41, 5.74) is -0.810. The molecule has 6 nitrogen and oxygen atoms in total. The van der Waals surface area contributed by atoms with Crippen molar-refractivity contribution < 1.29 is 19.8 Å². The molecule has 0 bridgehead atoms. The smallest absolute Gasteiger partial charge is 0.336 e. The molecule has 0 fully saturated rings. The first-order valence-corrected chi connectivity index (χ1v) is 7.29. The summed E-state index contributed by atoms with van der Waals surface area (Å²) < 4.78 is 0. The van der Waals surface area contributed by atoms with Crippen molar-refractivity contribution in [3.63, 3.8) is 0 Å². The van der Waals surface area contributed by atoms with E-state index in [0.29, 0.717) is 0 Å². The van der Waals surface area contributed by atoms with E-state index < -0.39 is 17.4 Å². The van der Waals surface area contributed by atoms with Crippen molar-refractivity contribution in [1.82, 2.24) is 0 Å². The molecule has 0 atom stereocenters. The molecule has 0 saturated carbocycles. The third-order valence-electron chi connectivity index (χ3n) is 4.08. The summed E-state index contributed by atoms with van der Waals surface area (Å²) in [6.45, 7) is 3.22. The van der Waals surface area contributed by atoms with Crippen LogP contribution in [0, 0.1) is 22.7 Å². The third kappa shape index (κ3) is 2.93. The summed E-state index contributed by atoms with van der Waals surface area (Å²) in [5, 5.41) is 37.9. The molecule has 0 amide bonds. The van der Waals surface area contributed by atoms with Crippen molar-refractivity contribution in [3.05, 3.63) is 69.8 Å². The highest BCUT2D eigenvalue weighted by atomic mass is 16.4. The number of benzene rings is 2. The highest BCUT2D eigenvalue weighted by Crippen LogP contribution is 2.39. The maximum atomic E-state index is 11.7. The molecular weight excluding hydrogens is 320 g/mol. The van der Waals surface area contributed by atoms with Crippen LogP contribution in [0.15, 0.2) is 36.4 Å². The van der Waals surface area contributed by atoms with E-state index in [1.54, 1.807) is 13.8 Å². The Morgan fingerprint density at radius 1 is 0.840 bits per heavy atom. The van der Waals surface area contributed by atoms with Gasteiger partial charge in [0.1, 0.15) is 0 Å². The maximum Gasteiger partial charge on any atom is 0.336 e. The van der Waals surface area contributed by atoms with E-state index in [-0.39, 0.29) is 33.4 Å². The second-order valence-electron chi connectivity index (χ2n) is 5.92. The van der Waals surface area contributed by atoms with Crippen LogP contribution in [0.4, 0.5) is 0 Å². The van der Waals surface area contributed by atoms with Crippen LogP contribution in [0.5, 0.6) is 0 Å². The highest BCUT2D eigenvalue weighted by molar-refractivity contribution is 5.93. The van der Waals surface area contributed by atoms with Crippen LogP contribution in [0.25, 0.3) is 0 Å². The van der Waals surface area contributed by atoms with Gasteiger partial charge in [0, 0.05) is 5.41 Å². The first kappa shape index (κ1) is 17.7. The Morgan fingerprint density at radius 2 is 1.20 bits per heavy atom. The van der Waals surface area contributed by atoms with Crippen molar-refractivity contribution in [1.29, 1.82) is 10.5 Å². The SMILES string of the molecule is CC(C)(c1c(C#N)cccc1C(=O)O)c1c(C#N)cccc1C(=O)O. The van der Waals surface area contributed by atoms with Crippen molar-refractivity contribution in [2.45, 2.75) is 19.3 Å². The Bertz CT molecular complexity index is 885. The summed E-state index contributed by atoms with van der Waals surface area (Å²) >= 11 is 0. The Morgan fingerprint density at radius 3 is 1.48 bits per heavy atom. The van der Waals surface area contributed by atoms with Crippen LogP contribution >= 0.6 is 0 Å². The van der Waals surface area contributed by atoms with Crippen molar-refractivity contribution in [2.24, 2.45) is 0 Å². The van der Waals surface area contributed by atoms with Crippen molar-refractivity contribution in [3.8, 4) is 12.1 Å². The molecule has 0 aromatic heterocycles. The number of carbonyl (C=O) groups is 2. The molecule has 0 spiro atoms. The molecule has 0 aliphatic heterocycles. The van der Waals surface area contributed by atoms with Gasteiger partial charge in [-0.15, -0.1) is 0 Å². The number of hydrogen-bond donors (Lipinski definition) is 2. The number of hydrogen-bond acceptors (Lipinski definition) is 4. The Kier molecular flexibility index (Phi) is 4.58. The predicted octanol–water partition coefficient (Wildman–Crippen LogP) is 3.15. The van der Waals surface area contributed by atoms with E-state index in [2.05, 4.69) is 0 Å². The fraction of sp³-hybridized carbons (Fsp3) is 0.158. The van der Waals surface area contributed by atoms with Gasteiger partial charge in [0.15, 0.2) is 0 Å². The zero-order chi connectivity index (χ0) is 18.8. The molecular formula is C19H14N2O4. The number of aromatic carboxylic acids is 2. The lowest BCUT2D eigenvalue weighted by atomic mass is 9.71. The van der Waals surface area contributed by atoms with E-state index in [1.165, 1.54) is 36.4 Å². The van der Waals surface area contributed by atoms with Gasteiger partial charge in [0.05, 0.1) is 34.4 Å². The quantitative estimate of drug-likeness (QED) is 0.885. The van der Waals surface area contributed by atoms with Crippen molar-refractivity contribution in [2.75, 3.05) is 0 Å². The summed E-state index contributed by atoms with van der Waals surface area (Å²) in [5.74, 6) is -2.46. The molecule has 124 valence electrons. The molecule has 0 unspecified atom stereocenters. The number of rotatable bonds is 4. The Hall–Kier alpha value is -3.64. The molecule has 0 saturated heterocycles. The standard InChI is InChI=1S/C19H14N2O4/c1-19(2,15-11(9-20)5-3-7-13(15)17(22)23)16-12(10-21)6-4-8-14(16)18(24)25/h3-8H,1-2H3,(H,22,23)(H,24,25). The lowest BCUT2D eigenvalue weighted by Gasteiger charge is -2.30. The van der Waals surface area contributed by atoms with E-state index in [4.69, 9.17) is 0 Å². The largest absolute Gasteiger partial charge is 0.478 e. The van der Waals surface area contributed by atoms with Gasteiger partial charge in [-0.1, -0.05) is 26.0 Å². The van der Waals surface area contributed by atoms with E-state index in [1.807, 2.05) is 12.1 Å². The summed E-state index contributed by atoms with van der Waals surface area (Å²) in [4.78, 5) is 23.3. The minimum Gasteiger partial charge on any atom is -0.478 e. The first-order valence-electron chi connectivity index (χ1n) is 7.29. The zero-order valence-corrected chi connectivity index (χ0v) is 13.6. The zero-order valence-electron chi connectivity index (χ0n) is 13.6. The topological polar surface area (TPSA) is 122 Å². The summed E-state index contributed by atoms with van der Waals surface area (Å²) in [6, 6.07) is 12.5. The third-order valence-corrected chi connectivity index (χ3v) is 4.08. The van der Waals surface area contributed by atoms with E-state index in [9.17, 15) is 30.3 Å². The molecule has 2 aromatic rings. The maximum absolute atomic E-state index is 11.7. The van der Waals surface area contributed by atoms with Gasteiger partial charge in [-0.3, -0.25) is 0 Å². The first-order chi connectivity index (χ1) is 11.8. The van der Waals surface area contributed by atoms with E-state index >= 15 is 0 Å². The molecule has 2 rings (SSSR count). The number of nitriles is 2. The van der Waals surface area contributed by atoms with Crippen LogP contribution in [0.2, 0.25) is 0 Å². The van der Waals surface area contributed by atoms with Gasteiger partial charge >= 0.3 is 11.9 Å². The summed E-state index contributed by atoms with van der Waals surface area (Å²) in [6.07, 6.45) is 0. The number of nitrogens with zero attached hydrogens (tertiary/aromatic N) is 2. The molecule has 2 aromatic carbocycles. The normalized spacial score (nSPS) is 10.6. The van der Waals surface area contributed by atoms with Crippen LogP contribution in [0.1, 0.15) is 56.8 Å². The Balaban J connectivity index is 2.96.